The number of amides is 2. The summed E-state index contributed by atoms with van der Waals surface area (Å²) in [6, 6.07) is 2.16. The highest BCUT2D eigenvalue weighted by Gasteiger charge is 2.34. The van der Waals surface area contributed by atoms with Crippen molar-refractivity contribution in [3.8, 4) is 12.3 Å². The molecule has 1 aromatic carbocycles. The molecule has 0 aliphatic heterocycles. The predicted octanol–water partition coefficient (Wildman–Crippen LogP) is 4.30. The van der Waals surface area contributed by atoms with Gasteiger partial charge in [0.2, 0.25) is 5.91 Å². The number of aromatic nitrogens is 1. The van der Waals surface area contributed by atoms with Gasteiger partial charge in [-0.25, -0.2) is 4.39 Å². The predicted molar refractivity (Wildman–Crippen MR) is 129 cm³/mol. The standard InChI is InChI=1S/C26H29F4N3O4/c1-8-25(6,13-37-24(36)14(2)3)32-21(34)12-18-15(4)22(33(7)16(18)5)23(35)31-17-9-10-20(27)19(11-17)26(28,29)30/h1,9-11,14H,12-13H2,2-7H3,(H,31,35)(H,32,34)/t25-/m0/s1. The Morgan fingerprint density at radius 2 is 1.81 bits per heavy atom. The number of nitrogens with zero attached hydrogens (tertiary/aromatic N) is 1. The second kappa shape index (κ2) is 11.1. The summed E-state index contributed by atoms with van der Waals surface area (Å²) in [7, 11) is 1.57. The largest absolute Gasteiger partial charge is 0.462 e. The summed E-state index contributed by atoms with van der Waals surface area (Å²) in [5.74, 6) is -1.10. The minimum Gasteiger partial charge on any atom is -0.462 e. The Kier molecular flexibility index (Phi) is 8.80. The maximum atomic E-state index is 13.6. The van der Waals surface area contributed by atoms with Crippen LogP contribution in [0.1, 0.15) is 53.6 Å². The Balaban J connectivity index is 2.24. The monoisotopic (exact) mass is 523 g/mol. The maximum Gasteiger partial charge on any atom is 0.419 e. The normalized spacial score (nSPS) is 13.0. The molecule has 0 aliphatic rings. The van der Waals surface area contributed by atoms with Crippen molar-refractivity contribution in [3.05, 3.63) is 52.1 Å². The number of terminal acetylenes is 1. The van der Waals surface area contributed by atoms with Crippen molar-refractivity contribution in [2.45, 2.75) is 52.8 Å². The first-order valence-electron chi connectivity index (χ1n) is 11.3. The van der Waals surface area contributed by atoms with Crippen LogP contribution >= 0.6 is 0 Å². The number of benzene rings is 1. The molecular weight excluding hydrogens is 494 g/mol. The van der Waals surface area contributed by atoms with Crippen LogP contribution < -0.4 is 10.6 Å². The van der Waals surface area contributed by atoms with Gasteiger partial charge in [-0.15, -0.1) is 6.42 Å². The minimum absolute atomic E-state index is 0.115. The molecule has 11 heteroatoms. The van der Waals surface area contributed by atoms with Gasteiger partial charge < -0.3 is 19.9 Å². The van der Waals surface area contributed by atoms with Gasteiger partial charge in [0.15, 0.2) is 0 Å². The zero-order chi connectivity index (χ0) is 28.3. The number of carbonyl (C=O) groups excluding carboxylic acids is 3. The number of anilines is 1. The van der Waals surface area contributed by atoms with E-state index in [-0.39, 0.29) is 30.3 Å². The second-order valence-corrected chi connectivity index (χ2v) is 9.21. The highest BCUT2D eigenvalue weighted by atomic mass is 19.4. The van der Waals surface area contributed by atoms with Crippen LogP contribution in [-0.2, 0) is 34.0 Å². The number of halogens is 4. The molecular formula is C26H29F4N3O4. The van der Waals surface area contributed by atoms with Crippen LogP contribution in [0.4, 0.5) is 23.2 Å². The molecule has 0 radical (unpaired) electrons. The van der Waals surface area contributed by atoms with E-state index in [9.17, 15) is 31.9 Å². The van der Waals surface area contributed by atoms with E-state index in [0.29, 0.717) is 29.0 Å². The Labute approximate surface area is 212 Å². The summed E-state index contributed by atoms with van der Waals surface area (Å²) in [5, 5.41) is 5.01. The third kappa shape index (κ3) is 6.90. The molecule has 200 valence electrons. The fraction of sp³-hybridized carbons (Fsp3) is 0.423. The highest BCUT2D eigenvalue weighted by Crippen LogP contribution is 2.33. The van der Waals surface area contributed by atoms with E-state index < -0.39 is 40.9 Å². The summed E-state index contributed by atoms with van der Waals surface area (Å²) in [4.78, 5) is 37.5. The summed E-state index contributed by atoms with van der Waals surface area (Å²) in [5.41, 5.74) is -1.38. The lowest BCUT2D eigenvalue weighted by Crippen LogP contribution is -2.49. The molecule has 7 nitrogen and oxygen atoms in total. The Bertz CT molecular complexity index is 1260. The molecule has 0 saturated carbocycles. The van der Waals surface area contributed by atoms with Crippen LogP contribution in [0.15, 0.2) is 18.2 Å². The smallest absolute Gasteiger partial charge is 0.419 e. The van der Waals surface area contributed by atoms with E-state index in [0.717, 1.165) is 6.07 Å². The van der Waals surface area contributed by atoms with Gasteiger partial charge in [-0.2, -0.15) is 13.2 Å². The average molecular weight is 524 g/mol. The van der Waals surface area contributed by atoms with Gasteiger partial charge in [0.1, 0.15) is 23.7 Å². The third-order valence-corrected chi connectivity index (χ3v) is 5.87. The Hall–Kier alpha value is -3.81. The van der Waals surface area contributed by atoms with Gasteiger partial charge in [0, 0.05) is 18.4 Å². The van der Waals surface area contributed by atoms with E-state index in [2.05, 4.69) is 16.6 Å². The van der Waals surface area contributed by atoms with Crippen LogP contribution in [-0.4, -0.2) is 34.5 Å². The number of rotatable bonds is 8. The minimum atomic E-state index is -4.93. The summed E-state index contributed by atoms with van der Waals surface area (Å²) < 4.78 is 59.3. The first kappa shape index (κ1) is 29.4. The van der Waals surface area contributed by atoms with Crippen LogP contribution in [0, 0.1) is 37.9 Å². The molecule has 1 aromatic heterocycles. The van der Waals surface area contributed by atoms with Crippen molar-refractivity contribution >= 4 is 23.5 Å². The first-order valence-corrected chi connectivity index (χ1v) is 11.3. The van der Waals surface area contributed by atoms with Crippen molar-refractivity contribution in [2.24, 2.45) is 13.0 Å². The SMILES string of the molecule is C#C[C@@](C)(COC(=O)C(C)C)NC(=O)Cc1c(C)c(C(=O)Nc2ccc(F)c(C(F)(F)F)c2)n(C)c1C. The van der Waals surface area contributed by atoms with Crippen molar-refractivity contribution < 1.29 is 36.7 Å². The topological polar surface area (TPSA) is 89.4 Å². The summed E-state index contributed by atoms with van der Waals surface area (Å²) in [6.45, 7) is 7.89. The zero-order valence-electron chi connectivity index (χ0n) is 21.4. The molecule has 1 atom stereocenters. The summed E-state index contributed by atoms with van der Waals surface area (Å²) in [6.07, 6.45) is 0.460. The Morgan fingerprint density at radius 3 is 2.35 bits per heavy atom. The lowest BCUT2D eigenvalue weighted by atomic mass is 10.0. The molecule has 0 aliphatic carbocycles. The van der Waals surface area contributed by atoms with Gasteiger partial charge in [-0.1, -0.05) is 19.8 Å². The van der Waals surface area contributed by atoms with Gasteiger partial charge in [0.05, 0.1) is 17.9 Å². The molecule has 0 spiro atoms. The molecule has 0 saturated heterocycles. The molecule has 1 heterocycles. The number of nitrogens with one attached hydrogen (secondary N) is 2. The average Bonchev–Trinajstić information content (AvgIpc) is 3.00. The van der Waals surface area contributed by atoms with Crippen LogP contribution in [0.3, 0.4) is 0 Å². The quantitative estimate of drug-likeness (QED) is 0.307. The highest BCUT2D eigenvalue weighted by molar-refractivity contribution is 6.05. The van der Waals surface area contributed by atoms with Crippen molar-refractivity contribution in [3.63, 3.8) is 0 Å². The van der Waals surface area contributed by atoms with E-state index in [1.165, 1.54) is 11.5 Å². The van der Waals surface area contributed by atoms with Crippen LogP contribution in [0.5, 0.6) is 0 Å². The number of ether oxygens (including phenoxy) is 1. The fourth-order valence-electron chi connectivity index (χ4n) is 3.64. The number of carbonyl (C=O) groups is 3. The lowest BCUT2D eigenvalue weighted by molar-refractivity contribution is -0.149. The summed E-state index contributed by atoms with van der Waals surface area (Å²) >= 11 is 0. The lowest BCUT2D eigenvalue weighted by Gasteiger charge is -2.25. The fourth-order valence-corrected chi connectivity index (χ4v) is 3.64. The number of hydrogen-bond donors (Lipinski definition) is 2. The molecule has 2 aromatic rings. The molecule has 37 heavy (non-hydrogen) atoms. The zero-order valence-corrected chi connectivity index (χ0v) is 21.4. The Morgan fingerprint density at radius 1 is 1.19 bits per heavy atom. The molecule has 2 N–H and O–H groups in total. The first-order chi connectivity index (χ1) is 17.0. The van der Waals surface area contributed by atoms with Crippen molar-refractivity contribution in [1.82, 2.24) is 9.88 Å². The van der Waals surface area contributed by atoms with Crippen LogP contribution in [0.25, 0.3) is 0 Å². The molecule has 2 rings (SSSR count). The molecule has 0 unspecified atom stereocenters. The molecule has 0 fully saturated rings. The van der Waals surface area contributed by atoms with Crippen molar-refractivity contribution in [1.29, 1.82) is 0 Å². The van der Waals surface area contributed by atoms with Crippen molar-refractivity contribution in [2.75, 3.05) is 11.9 Å². The molecule has 2 amide bonds. The van der Waals surface area contributed by atoms with Crippen LogP contribution in [0.2, 0.25) is 0 Å². The van der Waals surface area contributed by atoms with E-state index in [4.69, 9.17) is 11.2 Å². The van der Waals surface area contributed by atoms with Gasteiger partial charge in [-0.05, 0) is 50.1 Å². The third-order valence-electron chi connectivity index (χ3n) is 5.87. The molecule has 0 bridgehead atoms. The number of alkyl halides is 3. The van der Waals surface area contributed by atoms with Gasteiger partial charge in [-0.3, -0.25) is 14.4 Å². The number of hydrogen-bond acceptors (Lipinski definition) is 4. The van der Waals surface area contributed by atoms with E-state index >= 15 is 0 Å². The van der Waals surface area contributed by atoms with Gasteiger partial charge >= 0.3 is 12.1 Å². The van der Waals surface area contributed by atoms with E-state index in [1.807, 2.05) is 0 Å². The van der Waals surface area contributed by atoms with Gasteiger partial charge in [0.25, 0.3) is 5.91 Å². The van der Waals surface area contributed by atoms with E-state index in [1.54, 1.807) is 34.7 Å². The second-order valence-electron chi connectivity index (χ2n) is 9.21. The number of esters is 1. The maximum absolute atomic E-state index is 13.6.